The smallest absolute Gasteiger partial charge is 0.248 e. The fourth-order valence-electron chi connectivity index (χ4n) is 3.93. The van der Waals surface area contributed by atoms with Gasteiger partial charge in [-0.1, -0.05) is 19.8 Å². The molecule has 6 heteroatoms. The number of nitrogens with zero attached hydrogens (tertiary/aromatic N) is 1. The zero-order valence-electron chi connectivity index (χ0n) is 14.8. The molecule has 136 valence electrons. The highest BCUT2D eigenvalue weighted by Crippen LogP contribution is 2.37. The van der Waals surface area contributed by atoms with Crippen molar-refractivity contribution in [2.45, 2.75) is 39.0 Å². The van der Waals surface area contributed by atoms with Crippen molar-refractivity contribution in [2.75, 3.05) is 19.7 Å². The molecule has 0 bridgehead atoms. The summed E-state index contributed by atoms with van der Waals surface area (Å²) in [4.78, 5) is 25.1. The molecule has 25 heavy (non-hydrogen) atoms. The fourth-order valence-corrected chi connectivity index (χ4v) is 3.93. The average molecular weight is 345 g/mol. The predicted octanol–water partition coefficient (Wildman–Crippen LogP) is 2.49. The van der Waals surface area contributed by atoms with Gasteiger partial charge >= 0.3 is 0 Å². The van der Waals surface area contributed by atoms with Crippen LogP contribution < -0.4 is 15.7 Å². The van der Waals surface area contributed by atoms with E-state index in [4.69, 9.17) is 4.74 Å². The Balaban J connectivity index is 1.70. The van der Waals surface area contributed by atoms with E-state index < -0.39 is 0 Å². The minimum absolute atomic E-state index is 0.289. The molecule has 3 rings (SSSR count). The number of aldehydes is 1. The van der Waals surface area contributed by atoms with Gasteiger partial charge in [0.25, 0.3) is 0 Å². The second-order valence-electron chi connectivity index (χ2n) is 6.84. The Bertz CT molecular complexity index is 683. The number of hydrazine groups is 1. The van der Waals surface area contributed by atoms with Gasteiger partial charge in [-0.3, -0.25) is 9.59 Å². The van der Waals surface area contributed by atoms with E-state index in [1.807, 2.05) is 0 Å². The van der Waals surface area contributed by atoms with E-state index in [1.54, 1.807) is 0 Å². The molecule has 0 amide bonds. The second-order valence-corrected chi connectivity index (χ2v) is 6.84. The number of aromatic amines is 1. The summed E-state index contributed by atoms with van der Waals surface area (Å²) in [6.45, 7) is 4.67. The number of allylic oxidation sites excluding steroid dienone is 1. The van der Waals surface area contributed by atoms with Gasteiger partial charge in [-0.25, -0.2) is 5.43 Å². The summed E-state index contributed by atoms with van der Waals surface area (Å²) in [5.74, 6) is 1.37. The van der Waals surface area contributed by atoms with Crippen molar-refractivity contribution < 1.29 is 9.53 Å². The largest absolute Gasteiger partial charge is 0.491 e. The SMILES string of the molecule is CCCN1NCC=C1C1CCCCC1COc1c[nH]c(=O)cc1C=O. The van der Waals surface area contributed by atoms with Gasteiger partial charge in [0, 0.05) is 42.9 Å². The lowest BCUT2D eigenvalue weighted by molar-refractivity contribution is 0.111. The molecule has 0 aromatic carbocycles. The zero-order chi connectivity index (χ0) is 17.6. The Labute approximate surface area is 148 Å². The summed E-state index contributed by atoms with van der Waals surface area (Å²) < 4.78 is 5.94. The second kappa shape index (κ2) is 8.34. The standard InChI is InChI=1S/C19H27N3O3/c1-2-9-22-17(7-8-21-22)16-6-4-3-5-14(16)13-25-18-11-20-19(24)10-15(18)12-23/h7,10-12,14,16,21H,2-6,8-9,13H2,1H3,(H,20,24). The molecule has 2 N–H and O–H groups in total. The number of carbonyl (C=O) groups is 1. The molecule has 0 radical (unpaired) electrons. The first-order chi connectivity index (χ1) is 12.2. The molecule has 1 aromatic heterocycles. The van der Waals surface area contributed by atoms with Crippen LogP contribution in [0.25, 0.3) is 0 Å². The predicted molar refractivity (Wildman–Crippen MR) is 96.5 cm³/mol. The number of ether oxygens (including phenoxy) is 1. The van der Waals surface area contributed by atoms with E-state index in [9.17, 15) is 9.59 Å². The van der Waals surface area contributed by atoms with Gasteiger partial charge in [-0.2, -0.15) is 0 Å². The minimum atomic E-state index is -0.289. The van der Waals surface area contributed by atoms with Gasteiger partial charge in [-0.05, 0) is 25.3 Å². The van der Waals surface area contributed by atoms with Crippen LogP contribution in [0.5, 0.6) is 5.75 Å². The van der Waals surface area contributed by atoms with Crippen LogP contribution in [0.4, 0.5) is 0 Å². The average Bonchev–Trinajstić information content (AvgIpc) is 3.09. The number of H-pyrrole nitrogens is 1. The van der Waals surface area contributed by atoms with Crippen molar-refractivity contribution in [3.8, 4) is 5.75 Å². The molecule has 0 spiro atoms. The van der Waals surface area contributed by atoms with Crippen LogP contribution in [0.2, 0.25) is 0 Å². The molecule has 1 saturated carbocycles. The Morgan fingerprint density at radius 2 is 2.20 bits per heavy atom. The lowest BCUT2D eigenvalue weighted by Gasteiger charge is -2.36. The third-order valence-electron chi connectivity index (χ3n) is 5.14. The van der Waals surface area contributed by atoms with E-state index in [0.29, 0.717) is 36.0 Å². The van der Waals surface area contributed by atoms with Crippen molar-refractivity contribution in [1.82, 2.24) is 15.4 Å². The molecule has 1 aromatic rings. The van der Waals surface area contributed by atoms with E-state index >= 15 is 0 Å². The van der Waals surface area contributed by atoms with Crippen molar-refractivity contribution in [2.24, 2.45) is 11.8 Å². The van der Waals surface area contributed by atoms with Crippen LogP contribution in [0, 0.1) is 11.8 Å². The summed E-state index contributed by atoms with van der Waals surface area (Å²) in [6, 6.07) is 1.28. The normalized spacial score (nSPS) is 23.4. The summed E-state index contributed by atoms with van der Waals surface area (Å²) in [5.41, 5.74) is 4.85. The van der Waals surface area contributed by atoms with Gasteiger partial charge in [0.05, 0.1) is 12.2 Å². The van der Waals surface area contributed by atoms with E-state index in [-0.39, 0.29) is 5.56 Å². The number of nitrogens with one attached hydrogen (secondary N) is 2. The number of rotatable bonds is 7. The minimum Gasteiger partial charge on any atom is -0.491 e. The third-order valence-corrected chi connectivity index (χ3v) is 5.14. The summed E-state index contributed by atoms with van der Waals surface area (Å²) in [6.07, 6.45) is 10.3. The van der Waals surface area contributed by atoms with Crippen LogP contribution in [-0.2, 0) is 0 Å². The lowest BCUT2D eigenvalue weighted by Crippen LogP contribution is -2.38. The molecular formula is C19H27N3O3. The van der Waals surface area contributed by atoms with Crippen LogP contribution >= 0.6 is 0 Å². The number of pyridine rings is 1. The van der Waals surface area contributed by atoms with Crippen molar-refractivity contribution >= 4 is 6.29 Å². The summed E-state index contributed by atoms with van der Waals surface area (Å²) in [7, 11) is 0. The molecular weight excluding hydrogens is 318 g/mol. The van der Waals surface area contributed by atoms with Gasteiger partial charge in [0.15, 0.2) is 6.29 Å². The molecule has 6 nitrogen and oxygen atoms in total. The first-order valence-electron chi connectivity index (χ1n) is 9.24. The molecule has 2 unspecified atom stereocenters. The first-order valence-corrected chi connectivity index (χ1v) is 9.24. The fraction of sp³-hybridized carbons (Fsp3) is 0.579. The first kappa shape index (κ1) is 17.7. The molecule has 0 saturated heterocycles. The van der Waals surface area contributed by atoms with Gasteiger partial charge < -0.3 is 14.7 Å². The van der Waals surface area contributed by atoms with Gasteiger partial charge in [-0.15, -0.1) is 0 Å². The lowest BCUT2D eigenvalue weighted by atomic mass is 9.77. The van der Waals surface area contributed by atoms with Crippen molar-refractivity contribution in [3.63, 3.8) is 0 Å². The topological polar surface area (TPSA) is 74.4 Å². The summed E-state index contributed by atoms with van der Waals surface area (Å²) >= 11 is 0. The Morgan fingerprint density at radius 3 is 3.00 bits per heavy atom. The molecule has 2 aliphatic rings. The quantitative estimate of drug-likeness (QED) is 0.743. The van der Waals surface area contributed by atoms with Crippen LogP contribution in [0.3, 0.4) is 0 Å². The van der Waals surface area contributed by atoms with Crippen molar-refractivity contribution in [1.29, 1.82) is 0 Å². The number of carbonyl (C=O) groups excluding carboxylic acids is 1. The molecule has 1 aliphatic carbocycles. The molecule has 1 fully saturated rings. The van der Waals surface area contributed by atoms with E-state index in [1.165, 1.54) is 37.2 Å². The Kier molecular flexibility index (Phi) is 5.91. The van der Waals surface area contributed by atoms with Crippen LogP contribution in [0.1, 0.15) is 49.4 Å². The Hall–Kier alpha value is -2.08. The maximum atomic E-state index is 11.3. The number of aromatic nitrogens is 1. The van der Waals surface area contributed by atoms with Crippen LogP contribution in [-0.4, -0.2) is 36.0 Å². The Morgan fingerprint density at radius 1 is 1.36 bits per heavy atom. The van der Waals surface area contributed by atoms with E-state index in [0.717, 1.165) is 25.9 Å². The monoisotopic (exact) mass is 345 g/mol. The number of hydrogen-bond donors (Lipinski definition) is 2. The molecule has 2 heterocycles. The van der Waals surface area contributed by atoms with Crippen LogP contribution in [0.15, 0.2) is 28.8 Å². The van der Waals surface area contributed by atoms with Gasteiger partial charge in [0.1, 0.15) is 5.75 Å². The highest BCUT2D eigenvalue weighted by Gasteiger charge is 2.32. The zero-order valence-corrected chi connectivity index (χ0v) is 14.8. The molecule has 1 aliphatic heterocycles. The summed E-state index contributed by atoms with van der Waals surface area (Å²) in [5, 5.41) is 2.29. The number of hydrogen-bond acceptors (Lipinski definition) is 5. The van der Waals surface area contributed by atoms with E-state index in [2.05, 4.69) is 28.4 Å². The maximum Gasteiger partial charge on any atom is 0.248 e. The van der Waals surface area contributed by atoms with Gasteiger partial charge in [0.2, 0.25) is 5.56 Å². The highest BCUT2D eigenvalue weighted by molar-refractivity contribution is 5.78. The highest BCUT2D eigenvalue weighted by atomic mass is 16.5. The molecule has 2 atom stereocenters. The van der Waals surface area contributed by atoms with Crippen molar-refractivity contribution in [3.05, 3.63) is 40.0 Å². The third kappa shape index (κ3) is 4.12. The maximum absolute atomic E-state index is 11.3.